The Kier molecular flexibility index (Phi) is 5.90. The largest absolute Gasteiger partial charge is 0.494 e. The number of rotatable bonds is 6. The summed E-state index contributed by atoms with van der Waals surface area (Å²) < 4.78 is 5.47. The highest BCUT2D eigenvalue weighted by Crippen LogP contribution is 2.28. The van der Waals surface area contributed by atoms with E-state index < -0.39 is 0 Å². The molecule has 3 rings (SSSR count). The van der Waals surface area contributed by atoms with E-state index in [1.54, 1.807) is 6.20 Å². The summed E-state index contributed by atoms with van der Waals surface area (Å²) in [5, 5.41) is 15.4. The van der Waals surface area contributed by atoms with Gasteiger partial charge in [-0.1, -0.05) is 12.1 Å². The van der Waals surface area contributed by atoms with Gasteiger partial charge in [0, 0.05) is 22.8 Å². The first-order chi connectivity index (χ1) is 13.1. The highest BCUT2D eigenvalue weighted by Gasteiger charge is 2.09. The second-order valence-electron chi connectivity index (χ2n) is 6.06. The summed E-state index contributed by atoms with van der Waals surface area (Å²) in [6.07, 6.45) is 1.72. The molecule has 0 saturated heterocycles. The summed E-state index contributed by atoms with van der Waals surface area (Å²) in [6, 6.07) is 16.1. The van der Waals surface area contributed by atoms with Crippen molar-refractivity contribution in [1.29, 1.82) is 5.26 Å². The van der Waals surface area contributed by atoms with Gasteiger partial charge in [-0.3, -0.25) is 0 Å². The summed E-state index contributed by atoms with van der Waals surface area (Å²) in [5.41, 5.74) is 5.73. The lowest BCUT2D eigenvalue weighted by atomic mass is 10.1. The number of anilines is 1. The first-order valence-corrected chi connectivity index (χ1v) is 9.62. The second kappa shape index (κ2) is 8.52. The van der Waals surface area contributed by atoms with Crippen LogP contribution in [0.3, 0.4) is 0 Å². The Morgan fingerprint density at radius 3 is 2.70 bits per heavy atom. The van der Waals surface area contributed by atoms with E-state index >= 15 is 0 Å². The number of hydrogen-bond acceptors (Lipinski definition) is 5. The van der Waals surface area contributed by atoms with Crippen LogP contribution in [0.5, 0.6) is 5.75 Å². The first kappa shape index (κ1) is 18.7. The van der Waals surface area contributed by atoms with Gasteiger partial charge in [-0.15, -0.1) is 11.3 Å². The molecule has 0 aliphatic heterocycles. The lowest BCUT2D eigenvalue weighted by Crippen LogP contribution is -1.95. The standard InChI is InChI=1S/C22H21N3OS/c1-4-26-19-10-8-17(9-11-19)21-14-27-22(25-21)18(12-23)13-24-20-7-5-6-15(2)16(20)3/h5-11,13-14,24H,4H2,1-3H3. The molecule has 27 heavy (non-hydrogen) atoms. The molecule has 2 aromatic carbocycles. The van der Waals surface area contributed by atoms with Crippen LogP contribution in [0.4, 0.5) is 5.69 Å². The average Bonchev–Trinajstić information content (AvgIpc) is 3.16. The molecule has 0 spiro atoms. The molecule has 0 aliphatic rings. The number of thiazole rings is 1. The molecule has 0 amide bonds. The topological polar surface area (TPSA) is 57.9 Å². The SMILES string of the molecule is CCOc1ccc(-c2csc(C(C#N)=CNc3cccc(C)c3C)n2)cc1. The predicted molar refractivity (Wildman–Crippen MR) is 112 cm³/mol. The van der Waals surface area contributed by atoms with Gasteiger partial charge in [0.15, 0.2) is 0 Å². The second-order valence-corrected chi connectivity index (χ2v) is 6.92. The van der Waals surface area contributed by atoms with Crippen molar-refractivity contribution in [2.45, 2.75) is 20.8 Å². The third-order valence-electron chi connectivity index (χ3n) is 4.29. The number of ether oxygens (including phenoxy) is 1. The Labute approximate surface area is 163 Å². The smallest absolute Gasteiger partial charge is 0.136 e. The molecule has 4 nitrogen and oxygen atoms in total. The van der Waals surface area contributed by atoms with Crippen molar-refractivity contribution in [2.75, 3.05) is 11.9 Å². The molecule has 1 aromatic heterocycles. The number of nitriles is 1. The maximum atomic E-state index is 9.55. The van der Waals surface area contributed by atoms with Crippen LogP contribution in [0, 0.1) is 25.2 Å². The fourth-order valence-corrected chi connectivity index (χ4v) is 3.41. The molecule has 5 heteroatoms. The molecular weight excluding hydrogens is 354 g/mol. The van der Waals surface area contributed by atoms with E-state index in [4.69, 9.17) is 4.74 Å². The van der Waals surface area contributed by atoms with E-state index in [1.807, 2.05) is 48.7 Å². The van der Waals surface area contributed by atoms with Gasteiger partial charge < -0.3 is 10.1 Å². The fourth-order valence-electron chi connectivity index (χ4n) is 2.62. The van der Waals surface area contributed by atoms with Crippen molar-refractivity contribution in [3.8, 4) is 23.1 Å². The van der Waals surface area contributed by atoms with Crippen LogP contribution in [-0.2, 0) is 0 Å². The highest BCUT2D eigenvalue weighted by atomic mass is 32.1. The molecule has 1 N–H and O–H groups in total. The summed E-state index contributed by atoms with van der Waals surface area (Å²) in [7, 11) is 0. The minimum Gasteiger partial charge on any atom is -0.494 e. The number of benzene rings is 2. The van der Waals surface area contributed by atoms with E-state index in [9.17, 15) is 5.26 Å². The van der Waals surface area contributed by atoms with Crippen LogP contribution in [0.2, 0.25) is 0 Å². The highest BCUT2D eigenvalue weighted by molar-refractivity contribution is 7.11. The molecule has 0 atom stereocenters. The number of aromatic nitrogens is 1. The fraction of sp³-hybridized carbons (Fsp3) is 0.182. The van der Waals surface area contributed by atoms with Crippen molar-refractivity contribution < 1.29 is 4.74 Å². The van der Waals surface area contributed by atoms with Gasteiger partial charge in [0.25, 0.3) is 0 Å². The first-order valence-electron chi connectivity index (χ1n) is 8.74. The summed E-state index contributed by atoms with van der Waals surface area (Å²) >= 11 is 1.46. The predicted octanol–water partition coefficient (Wildman–Crippen LogP) is 5.80. The van der Waals surface area contributed by atoms with Crippen LogP contribution in [-0.4, -0.2) is 11.6 Å². The third kappa shape index (κ3) is 4.36. The van der Waals surface area contributed by atoms with Crippen LogP contribution in [0.25, 0.3) is 16.8 Å². The molecular formula is C22H21N3OS. The quantitative estimate of drug-likeness (QED) is 0.553. The Bertz CT molecular complexity index is 997. The Morgan fingerprint density at radius 2 is 2.00 bits per heavy atom. The summed E-state index contributed by atoms with van der Waals surface area (Å²) in [4.78, 5) is 4.63. The van der Waals surface area contributed by atoms with Crippen LogP contribution in [0.15, 0.2) is 54.0 Å². The molecule has 3 aromatic rings. The van der Waals surface area contributed by atoms with Gasteiger partial charge in [0.1, 0.15) is 22.4 Å². The van der Waals surface area contributed by atoms with Crippen molar-refractivity contribution in [2.24, 2.45) is 0 Å². The molecule has 0 bridgehead atoms. The number of nitrogens with one attached hydrogen (secondary N) is 1. The van der Waals surface area contributed by atoms with E-state index in [0.717, 1.165) is 22.7 Å². The van der Waals surface area contributed by atoms with E-state index in [1.165, 1.54) is 22.5 Å². The number of nitrogens with zero attached hydrogens (tertiary/aromatic N) is 2. The lowest BCUT2D eigenvalue weighted by Gasteiger charge is -2.08. The van der Waals surface area contributed by atoms with Crippen molar-refractivity contribution in [1.82, 2.24) is 4.98 Å². The zero-order valence-corrected chi connectivity index (χ0v) is 16.4. The van der Waals surface area contributed by atoms with E-state index in [2.05, 4.69) is 36.3 Å². The lowest BCUT2D eigenvalue weighted by molar-refractivity contribution is 0.340. The average molecular weight is 375 g/mol. The molecule has 0 fully saturated rings. The molecule has 136 valence electrons. The number of allylic oxidation sites excluding steroid dienone is 1. The van der Waals surface area contributed by atoms with Crippen LogP contribution >= 0.6 is 11.3 Å². The molecule has 0 unspecified atom stereocenters. The number of aryl methyl sites for hydroxylation is 1. The van der Waals surface area contributed by atoms with Gasteiger partial charge >= 0.3 is 0 Å². The van der Waals surface area contributed by atoms with Crippen molar-refractivity contribution >= 4 is 22.6 Å². The van der Waals surface area contributed by atoms with Gasteiger partial charge in [-0.2, -0.15) is 5.26 Å². The number of hydrogen-bond donors (Lipinski definition) is 1. The van der Waals surface area contributed by atoms with Crippen molar-refractivity contribution in [3.63, 3.8) is 0 Å². The van der Waals surface area contributed by atoms with Crippen molar-refractivity contribution in [3.05, 3.63) is 70.2 Å². The Morgan fingerprint density at radius 1 is 1.22 bits per heavy atom. The molecule has 0 saturated carbocycles. The normalized spacial score (nSPS) is 11.1. The molecule has 1 heterocycles. The summed E-state index contributed by atoms with van der Waals surface area (Å²) in [6.45, 7) is 6.73. The third-order valence-corrected chi connectivity index (χ3v) is 5.17. The minimum absolute atomic E-state index is 0.512. The Hall–Kier alpha value is -3.10. The van der Waals surface area contributed by atoms with Gasteiger partial charge in [0.05, 0.1) is 12.3 Å². The van der Waals surface area contributed by atoms with Crippen LogP contribution in [0.1, 0.15) is 23.1 Å². The van der Waals surface area contributed by atoms with E-state index in [0.29, 0.717) is 17.2 Å². The van der Waals surface area contributed by atoms with Gasteiger partial charge in [0.2, 0.25) is 0 Å². The monoisotopic (exact) mass is 375 g/mol. The van der Waals surface area contributed by atoms with Gasteiger partial charge in [-0.05, 0) is 62.2 Å². The van der Waals surface area contributed by atoms with Gasteiger partial charge in [-0.25, -0.2) is 4.98 Å². The van der Waals surface area contributed by atoms with E-state index in [-0.39, 0.29) is 0 Å². The molecule has 0 aliphatic carbocycles. The molecule has 0 radical (unpaired) electrons. The van der Waals surface area contributed by atoms with Crippen LogP contribution < -0.4 is 10.1 Å². The minimum atomic E-state index is 0.512. The zero-order chi connectivity index (χ0) is 19.2. The Balaban J connectivity index is 1.81. The zero-order valence-electron chi connectivity index (χ0n) is 15.6. The summed E-state index contributed by atoms with van der Waals surface area (Å²) in [5.74, 6) is 0.840. The maximum absolute atomic E-state index is 9.55. The maximum Gasteiger partial charge on any atom is 0.136 e.